The summed E-state index contributed by atoms with van der Waals surface area (Å²) in [6.07, 6.45) is 12.4. The molecule has 0 aromatic rings. The summed E-state index contributed by atoms with van der Waals surface area (Å²) in [5, 5.41) is 9.52. The van der Waals surface area contributed by atoms with Gasteiger partial charge in [-0.05, 0) is 130 Å². The molecule has 0 bridgehead atoms. The van der Waals surface area contributed by atoms with E-state index in [0.29, 0.717) is 35.5 Å². The van der Waals surface area contributed by atoms with Gasteiger partial charge in [0.25, 0.3) is 0 Å². The maximum atomic E-state index is 12.9. The first-order chi connectivity index (χ1) is 18.9. The molecule has 0 aromatic heterocycles. The molecule has 4 unspecified atom stereocenters. The van der Waals surface area contributed by atoms with E-state index in [9.17, 15) is 19.5 Å². The standard InChI is InChI=1S/C36H58O5/c1-22(2)23-12-17-36(21-37)19-18-34(8)24(29(23)36)10-11-26-33(7)15-14-27(41-28(38)20-31(3,4)30(39)40)32(5,6)25(33)13-16-35(26,34)9/h21-27,29H,10-20H2,1-9H3,(H,39,40)/t23-,24?,25?,26?,27-,29?,33-,34+,35+,36+/m0/s1. The zero-order chi connectivity index (χ0) is 30.4. The third-order valence-corrected chi connectivity index (χ3v) is 15.0. The summed E-state index contributed by atoms with van der Waals surface area (Å²) in [5.74, 6) is 2.18. The molecule has 0 saturated heterocycles. The van der Waals surface area contributed by atoms with E-state index in [1.54, 1.807) is 13.8 Å². The van der Waals surface area contributed by atoms with Crippen LogP contribution in [0.1, 0.15) is 133 Å². The van der Waals surface area contributed by atoms with Crippen LogP contribution in [0, 0.1) is 68.0 Å². The Morgan fingerprint density at radius 1 is 0.878 bits per heavy atom. The Kier molecular flexibility index (Phi) is 7.43. The third kappa shape index (κ3) is 4.31. The van der Waals surface area contributed by atoms with Gasteiger partial charge in [0.2, 0.25) is 0 Å². The number of esters is 1. The van der Waals surface area contributed by atoms with Crippen molar-refractivity contribution in [1.82, 2.24) is 0 Å². The highest BCUT2D eigenvalue weighted by Crippen LogP contribution is 2.77. The molecular formula is C36H58O5. The van der Waals surface area contributed by atoms with Crippen molar-refractivity contribution in [3.05, 3.63) is 0 Å². The zero-order valence-electron chi connectivity index (χ0n) is 27.5. The molecule has 0 aromatic carbocycles. The normalized spacial score (nSPS) is 47.0. The van der Waals surface area contributed by atoms with Crippen molar-refractivity contribution in [2.75, 3.05) is 0 Å². The van der Waals surface area contributed by atoms with Gasteiger partial charge in [0, 0.05) is 10.8 Å². The van der Waals surface area contributed by atoms with Gasteiger partial charge in [-0.3, -0.25) is 9.59 Å². The Balaban J connectivity index is 1.41. The summed E-state index contributed by atoms with van der Waals surface area (Å²) in [7, 11) is 0. The van der Waals surface area contributed by atoms with Gasteiger partial charge in [0.05, 0.1) is 11.8 Å². The largest absolute Gasteiger partial charge is 0.481 e. The highest BCUT2D eigenvalue weighted by Gasteiger charge is 2.71. The van der Waals surface area contributed by atoms with Gasteiger partial charge >= 0.3 is 11.9 Å². The topological polar surface area (TPSA) is 80.7 Å². The molecule has 0 spiro atoms. The number of hydrogen-bond acceptors (Lipinski definition) is 4. The zero-order valence-corrected chi connectivity index (χ0v) is 27.5. The number of carbonyl (C=O) groups excluding carboxylic acids is 2. The van der Waals surface area contributed by atoms with Crippen LogP contribution in [0.15, 0.2) is 0 Å². The van der Waals surface area contributed by atoms with Gasteiger partial charge in [-0.15, -0.1) is 0 Å². The van der Waals surface area contributed by atoms with Crippen LogP contribution in [-0.4, -0.2) is 29.4 Å². The van der Waals surface area contributed by atoms with E-state index in [0.717, 1.165) is 32.1 Å². The Labute approximate surface area is 249 Å². The van der Waals surface area contributed by atoms with Crippen LogP contribution in [0.2, 0.25) is 0 Å². The van der Waals surface area contributed by atoms with Crippen molar-refractivity contribution >= 4 is 18.2 Å². The number of carboxylic acids is 1. The van der Waals surface area contributed by atoms with Crippen molar-refractivity contribution in [1.29, 1.82) is 0 Å². The summed E-state index contributed by atoms with van der Waals surface area (Å²) in [5.41, 5.74) is -0.717. The minimum atomic E-state index is -1.12. The average molecular weight is 571 g/mol. The Morgan fingerprint density at radius 3 is 2.17 bits per heavy atom. The fraction of sp³-hybridized carbons (Fsp3) is 0.917. The fourth-order valence-electron chi connectivity index (χ4n) is 12.5. The molecular weight excluding hydrogens is 512 g/mol. The molecule has 5 aliphatic rings. The van der Waals surface area contributed by atoms with Crippen LogP contribution in [0.5, 0.6) is 0 Å². The summed E-state index contributed by atoms with van der Waals surface area (Å²) >= 11 is 0. The number of carboxylic acid groups (broad SMARTS) is 1. The maximum absolute atomic E-state index is 12.9. The van der Waals surface area contributed by atoms with Crippen LogP contribution in [0.3, 0.4) is 0 Å². The average Bonchev–Trinajstić information content (AvgIpc) is 3.26. The Hall–Kier alpha value is -1.39. The van der Waals surface area contributed by atoms with Crippen molar-refractivity contribution < 1.29 is 24.2 Å². The first kappa shape index (κ1) is 31.0. The molecule has 5 fully saturated rings. The Morgan fingerprint density at radius 2 is 1.56 bits per heavy atom. The number of carbonyl (C=O) groups is 3. The molecule has 0 radical (unpaired) electrons. The lowest BCUT2D eigenvalue weighted by atomic mass is 9.32. The monoisotopic (exact) mass is 570 g/mol. The van der Waals surface area contributed by atoms with Gasteiger partial charge in [0.1, 0.15) is 12.4 Å². The van der Waals surface area contributed by atoms with E-state index in [-0.39, 0.29) is 45.6 Å². The van der Waals surface area contributed by atoms with Crippen LogP contribution in [-0.2, 0) is 19.1 Å². The van der Waals surface area contributed by atoms with E-state index in [1.165, 1.54) is 38.4 Å². The van der Waals surface area contributed by atoms with Gasteiger partial charge in [-0.2, -0.15) is 0 Å². The van der Waals surface area contributed by atoms with Gasteiger partial charge in [0.15, 0.2) is 0 Å². The second kappa shape index (κ2) is 9.81. The number of fused-ring (bicyclic) bond motifs is 7. The number of aldehydes is 1. The first-order valence-electron chi connectivity index (χ1n) is 16.8. The van der Waals surface area contributed by atoms with E-state index < -0.39 is 11.4 Å². The second-order valence-corrected chi connectivity index (χ2v) is 17.7. The lowest BCUT2D eigenvalue weighted by Gasteiger charge is -2.72. The van der Waals surface area contributed by atoms with Gasteiger partial charge < -0.3 is 14.6 Å². The van der Waals surface area contributed by atoms with E-state index >= 15 is 0 Å². The third-order valence-electron chi connectivity index (χ3n) is 15.0. The van der Waals surface area contributed by atoms with Crippen molar-refractivity contribution in [2.24, 2.45) is 68.0 Å². The minimum Gasteiger partial charge on any atom is -0.481 e. The molecule has 5 nitrogen and oxygen atoms in total. The summed E-state index contributed by atoms with van der Waals surface area (Å²) in [4.78, 5) is 37.3. The van der Waals surface area contributed by atoms with Crippen molar-refractivity contribution in [3.8, 4) is 0 Å². The number of rotatable bonds is 6. The number of hydrogen-bond donors (Lipinski definition) is 1. The van der Waals surface area contributed by atoms with Crippen LogP contribution >= 0.6 is 0 Å². The molecule has 41 heavy (non-hydrogen) atoms. The van der Waals surface area contributed by atoms with Crippen LogP contribution < -0.4 is 0 Å². The minimum absolute atomic E-state index is 0.0947. The number of ether oxygens (including phenoxy) is 1. The predicted molar refractivity (Wildman–Crippen MR) is 161 cm³/mol. The number of aliphatic carboxylic acids is 1. The molecule has 5 heteroatoms. The smallest absolute Gasteiger partial charge is 0.309 e. The van der Waals surface area contributed by atoms with Crippen molar-refractivity contribution in [3.63, 3.8) is 0 Å². The lowest BCUT2D eigenvalue weighted by Crippen LogP contribution is -2.67. The second-order valence-electron chi connectivity index (χ2n) is 17.7. The summed E-state index contributed by atoms with van der Waals surface area (Å²) in [6, 6.07) is 0. The summed E-state index contributed by atoms with van der Waals surface area (Å²) in [6.45, 7) is 20.4. The predicted octanol–water partition coefficient (Wildman–Crippen LogP) is 8.34. The quantitative estimate of drug-likeness (QED) is 0.256. The molecule has 0 aliphatic heterocycles. The maximum Gasteiger partial charge on any atom is 0.309 e. The van der Waals surface area contributed by atoms with Gasteiger partial charge in [-0.1, -0.05) is 48.5 Å². The van der Waals surface area contributed by atoms with E-state index in [2.05, 4.69) is 48.5 Å². The van der Waals surface area contributed by atoms with Crippen LogP contribution in [0.25, 0.3) is 0 Å². The van der Waals surface area contributed by atoms with Crippen molar-refractivity contribution in [2.45, 2.75) is 139 Å². The molecule has 5 rings (SSSR count). The van der Waals surface area contributed by atoms with Gasteiger partial charge in [-0.25, -0.2) is 0 Å². The first-order valence-corrected chi connectivity index (χ1v) is 16.8. The fourth-order valence-corrected chi connectivity index (χ4v) is 12.5. The highest BCUT2D eigenvalue weighted by atomic mass is 16.5. The molecule has 5 aliphatic carbocycles. The molecule has 232 valence electrons. The Bertz CT molecular complexity index is 1080. The lowest BCUT2D eigenvalue weighted by molar-refractivity contribution is -0.249. The van der Waals surface area contributed by atoms with Crippen LogP contribution in [0.4, 0.5) is 0 Å². The highest BCUT2D eigenvalue weighted by molar-refractivity contribution is 5.81. The molecule has 10 atom stereocenters. The molecule has 0 heterocycles. The SMILES string of the molecule is CC(C)[C@@H]1CC[C@]2(C=O)CC[C@]3(C)C(CCC4[C@@]5(C)CC[C@H](OC(=O)CC(C)(C)C(=O)O)C(C)(C)C5CC[C@]43C)C12. The van der Waals surface area contributed by atoms with E-state index in [4.69, 9.17) is 4.74 Å². The molecule has 0 amide bonds. The van der Waals surface area contributed by atoms with E-state index in [1.807, 2.05) is 0 Å². The summed E-state index contributed by atoms with van der Waals surface area (Å²) < 4.78 is 6.12. The molecule has 5 saturated carbocycles. The molecule has 1 N–H and O–H groups in total.